The second-order valence-electron chi connectivity index (χ2n) is 12.8. The molecule has 10 nitrogen and oxygen atoms in total. The van der Waals surface area contributed by atoms with Gasteiger partial charge in [-0.1, -0.05) is 12.1 Å². The van der Waals surface area contributed by atoms with E-state index in [1.54, 1.807) is 38.4 Å². The molecule has 0 bridgehead atoms. The number of benzene rings is 6. The molecule has 302 valence electrons. The topological polar surface area (TPSA) is 118 Å². The molecule has 0 fully saturated rings. The average molecular weight is 853 g/mol. The summed E-state index contributed by atoms with van der Waals surface area (Å²) in [6, 6.07) is 43.1. The monoisotopic (exact) mass is 852 g/mol. The SMILES string of the molecule is COc1ccc([P+](Cc2ccc(N(c3ccc(OS(C)(=O)=O)cc3)c3ccc(OS(=O)(=O)C(F)(F)F)cc3)cc2)(c2ccc(OC)cc2)c2ccc(OC)cc2)cc1. The fraction of sp³-hybridized carbons (Fsp3) is 0.143. The molecular formula is C42H38F3NO9PS2+. The molecule has 6 aromatic carbocycles. The van der Waals surface area contributed by atoms with Crippen molar-refractivity contribution in [1.29, 1.82) is 0 Å². The van der Waals surface area contributed by atoms with Gasteiger partial charge in [0.2, 0.25) is 0 Å². The Morgan fingerprint density at radius 1 is 0.483 bits per heavy atom. The van der Waals surface area contributed by atoms with E-state index in [0.717, 1.165) is 39.9 Å². The molecule has 0 aliphatic heterocycles. The first-order chi connectivity index (χ1) is 27.5. The summed E-state index contributed by atoms with van der Waals surface area (Å²) in [5, 5.41) is 3.29. The minimum Gasteiger partial charge on any atom is -0.497 e. The van der Waals surface area contributed by atoms with Crippen molar-refractivity contribution in [3.8, 4) is 28.7 Å². The van der Waals surface area contributed by atoms with E-state index in [9.17, 15) is 30.0 Å². The van der Waals surface area contributed by atoms with Gasteiger partial charge in [0.15, 0.2) is 0 Å². The molecule has 0 heterocycles. The lowest BCUT2D eigenvalue weighted by Gasteiger charge is -2.29. The summed E-state index contributed by atoms with van der Waals surface area (Å²) in [6.45, 7) is 0. The number of alkyl halides is 3. The Kier molecular flexibility index (Phi) is 12.3. The molecule has 0 aromatic heterocycles. The maximum absolute atomic E-state index is 13.0. The third kappa shape index (κ3) is 9.33. The molecule has 0 unspecified atom stereocenters. The minimum atomic E-state index is -5.89. The standard InChI is InChI=1S/C42H38F3NO9PS2/c1-51-34-17-23-39(24-18-34)56(40-25-19-35(52-2)20-26-40,41-27-21-36(53-3)22-28-41)29-30-5-7-31(8-6-30)46(32-9-13-37(14-10-32)54-57(4,47)48)33-11-15-38(16-12-33)55-58(49,50)42(43,44)45/h5-28H,29H2,1-4H3/q+1. The van der Waals surface area contributed by atoms with Gasteiger partial charge in [-0.25, -0.2) is 0 Å². The molecule has 0 aliphatic carbocycles. The van der Waals surface area contributed by atoms with Gasteiger partial charge in [-0.3, -0.25) is 0 Å². The van der Waals surface area contributed by atoms with Crippen LogP contribution in [0.3, 0.4) is 0 Å². The van der Waals surface area contributed by atoms with Crippen LogP contribution in [0.15, 0.2) is 146 Å². The zero-order valence-corrected chi connectivity index (χ0v) is 34.1. The number of anilines is 3. The highest BCUT2D eigenvalue weighted by Gasteiger charge is 2.49. The van der Waals surface area contributed by atoms with Gasteiger partial charge in [-0.2, -0.15) is 30.0 Å². The van der Waals surface area contributed by atoms with Crippen LogP contribution in [0.1, 0.15) is 5.56 Å². The molecule has 0 saturated heterocycles. The molecule has 0 radical (unpaired) electrons. The highest BCUT2D eigenvalue weighted by Crippen LogP contribution is 2.59. The molecule has 6 rings (SSSR count). The van der Waals surface area contributed by atoms with Crippen molar-refractivity contribution in [2.45, 2.75) is 11.7 Å². The number of hydrogen-bond donors (Lipinski definition) is 0. The smallest absolute Gasteiger partial charge is 0.497 e. The van der Waals surface area contributed by atoms with Crippen LogP contribution >= 0.6 is 7.26 Å². The van der Waals surface area contributed by atoms with Crippen molar-refractivity contribution in [3.05, 3.63) is 151 Å². The lowest BCUT2D eigenvalue weighted by molar-refractivity contribution is -0.0500. The third-order valence-corrected chi connectivity index (χ3v) is 14.9. The summed E-state index contributed by atoms with van der Waals surface area (Å²) in [6.07, 6.45) is 1.52. The van der Waals surface area contributed by atoms with Crippen molar-refractivity contribution >= 4 is 60.5 Å². The van der Waals surface area contributed by atoms with Gasteiger partial charge in [-0.05, 0) is 139 Å². The fourth-order valence-electron chi connectivity index (χ4n) is 6.35. The second kappa shape index (κ2) is 17.0. The quantitative estimate of drug-likeness (QED) is 0.0568. The van der Waals surface area contributed by atoms with E-state index in [1.807, 2.05) is 60.7 Å². The zero-order valence-electron chi connectivity index (χ0n) is 31.6. The summed E-state index contributed by atoms with van der Waals surface area (Å²) >= 11 is 0. The normalized spacial score (nSPS) is 12.1. The van der Waals surface area contributed by atoms with Crippen molar-refractivity contribution < 1.29 is 52.6 Å². The van der Waals surface area contributed by atoms with Gasteiger partial charge in [0.25, 0.3) is 0 Å². The molecule has 0 saturated carbocycles. The average Bonchev–Trinajstić information content (AvgIpc) is 3.21. The summed E-state index contributed by atoms with van der Waals surface area (Å²) in [5.74, 6) is 1.68. The van der Waals surface area contributed by atoms with Crippen molar-refractivity contribution in [3.63, 3.8) is 0 Å². The summed E-state index contributed by atoms with van der Waals surface area (Å²) in [4.78, 5) is 1.76. The Labute approximate surface area is 335 Å². The molecule has 16 heteroatoms. The Balaban J connectivity index is 1.45. The molecule has 58 heavy (non-hydrogen) atoms. The van der Waals surface area contributed by atoms with Crippen LogP contribution in [0, 0.1) is 0 Å². The van der Waals surface area contributed by atoms with Crippen molar-refractivity contribution in [1.82, 2.24) is 0 Å². The van der Waals surface area contributed by atoms with Crippen LogP contribution in [0.25, 0.3) is 0 Å². The van der Waals surface area contributed by atoms with E-state index in [4.69, 9.17) is 18.4 Å². The Morgan fingerprint density at radius 3 is 1.10 bits per heavy atom. The number of methoxy groups -OCH3 is 3. The Bertz CT molecular complexity index is 2420. The molecule has 0 aliphatic rings. The molecule has 6 aromatic rings. The summed E-state index contributed by atoms with van der Waals surface area (Å²) in [5.41, 5.74) is -3.04. The maximum atomic E-state index is 13.0. The largest absolute Gasteiger partial charge is 0.534 e. The van der Waals surface area contributed by atoms with Gasteiger partial charge >= 0.3 is 25.7 Å². The number of hydrogen-bond acceptors (Lipinski definition) is 10. The molecule has 0 atom stereocenters. The number of ether oxygens (including phenoxy) is 3. The highest BCUT2D eigenvalue weighted by atomic mass is 32.2. The third-order valence-electron chi connectivity index (χ3n) is 9.08. The van der Waals surface area contributed by atoms with E-state index in [0.29, 0.717) is 40.5 Å². The molecule has 0 spiro atoms. The highest BCUT2D eigenvalue weighted by molar-refractivity contribution is 7.95. The van der Waals surface area contributed by atoms with E-state index >= 15 is 0 Å². The Hall–Kier alpha value is -5.76. The van der Waals surface area contributed by atoms with Crippen LogP contribution in [0.2, 0.25) is 0 Å². The van der Waals surface area contributed by atoms with E-state index < -0.39 is 38.8 Å². The van der Waals surface area contributed by atoms with Gasteiger partial charge < -0.3 is 27.5 Å². The van der Waals surface area contributed by atoms with Crippen molar-refractivity contribution in [2.75, 3.05) is 32.5 Å². The fourth-order valence-corrected chi connectivity index (χ4v) is 11.4. The first-order valence-corrected chi connectivity index (χ1v) is 22.6. The predicted octanol–water partition coefficient (Wildman–Crippen LogP) is 8.24. The lowest BCUT2D eigenvalue weighted by Crippen LogP contribution is -2.32. The molecule has 0 amide bonds. The van der Waals surface area contributed by atoms with Crippen molar-refractivity contribution in [2.24, 2.45) is 0 Å². The number of halogens is 3. The van der Waals surface area contributed by atoms with Gasteiger partial charge in [0, 0.05) is 17.1 Å². The maximum Gasteiger partial charge on any atom is 0.534 e. The molecular weight excluding hydrogens is 815 g/mol. The van der Waals surface area contributed by atoms with Crippen LogP contribution in [-0.4, -0.2) is 49.9 Å². The number of rotatable bonds is 15. The first-order valence-electron chi connectivity index (χ1n) is 17.4. The minimum absolute atomic E-state index is 0.0681. The molecule has 0 N–H and O–H groups in total. The van der Waals surface area contributed by atoms with Crippen LogP contribution in [0.4, 0.5) is 30.2 Å². The lowest BCUT2D eigenvalue weighted by atomic mass is 10.1. The van der Waals surface area contributed by atoms with E-state index in [1.165, 1.54) is 24.3 Å². The van der Waals surface area contributed by atoms with Crippen LogP contribution in [0.5, 0.6) is 28.7 Å². The zero-order chi connectivity index (χ0) is 41.7. The second-order valence-corrected chi connectivity index (χ2v) is 19.4. The van der Waals surface area contributed by atoms with Crippen LogP contribution < -0.4 is 43.4 Å². The Morgan fingerprint density at radius 2 is 0.793 bits per heavy atom. The van der Waals surface area contributed by atoms with Gasteiger partial charge in [0.1, 0.15) is 51.9 Å². The number of nitrogens with zero attached hydrogens (tertiary/aromatic N) is 1. The predicted molar refractivity (Wildman–Crippen MR) is 221 cm³/mol. The summed E-state index contributed by atoms with van der Waals surface area (Å²) in [7, 11) is -7.31. The van der Waals surface area contributed by atoms with Gasteiger partial charge in [0.05, 0.1) is 33.7 Å². The van der Waals surface area contributed by atoms with Crippen LogP contribution in [-0.2, 0) is 26.4 Å². The van der Waals surface area contributed by atoms with E-state index in [2.05, 4.69) is 40.6 Å². The van der Waals surface area contributed by atoms with E-state index in [-0.39, 0.29) is 5.75 Å². The van der Waals surface area contributed by atoms with Gasteiger partial charge in [-0.15, -0.1) is 0 Å². The summed E-state index contributed by atoms with van der Waals surface area (Å²) < 4.78 is 112. The first kappa shape index (κ1) is 41.9.